The molecule has 6 nitrogen and oxygen atoms in total. The second-order valence-corrected chi connectivity index (χ2v) is 5.28. The fraction of sp³-hybridized carbons (Fsp3) is 0.538. The molecule has 19 heavy (non-hydrogen) atoms. The van der Waals surface area contributed by atoms with Crippen molar-refractivity contribution >= 4 is 11.8 Å². The largest absolute Gasteiger partial charge is 0.469 e. The van der Waals surface area contributed by atoms with Gasteiger partial charge in [0.2, 0.25) is 0 Å². The van der Waals surface area contributed by atoms with Crippen molar-refractivity contribution in [2.45, 2.75) is 33.2 Å². The summed E-state index contributed by atoms with van der Waals surface area (Å²) in [5, 5.41) is 19.4. The number of nitriles is 1. The summed E-state index contributed by atoms with van der Waals surface area (Å²) in [6.07, 6.45) is 0. The molecule has 6 heteroatoms. The van der Waals surface area contributed by atoms with Gasteiger partial charge in [-0.2, -0.15) is 5.26 Å². The molecular weight excluding hydrogens is 244 g/mol. The van der Waals surface area contributed by atoms with Crippen molar-refractivity contribution in [2.24, 2.45) is 5.41 Å². The monoisotopic (exact) mass is 262 g/mol. The molecule has 0 aliphatic carbocycles. The van der Waals surface area contributed by atoms with Crippen LogP contribution in [0.5, 0.6) is 0 Å². The Morgan fingerprint density at radius 1 is 1.32 bits per heavy atom. The van der Waals surface area contributed by atoms with E-state index in [0.29, 0.717) is 5.82 Å². The highest BCUT2D eigenvalue weighted by molar-refractivity contribution is 5.78. The van der Waals surface area contributed by atoms with Crippen LogP contribution in [-0.2, 0) is 9.53 Å². The predicted octanol–water partition coefficient (Wildman–Crippen LogP) is 1.74. The number of nitrogens with one attached hydrogen (secondary N) is 1. The summed E-state index contributed by atoms with van der Waals surface area (Å²) in [4.78, 5) is 11.8. The third-order valence-corrected chi connectivity index (χ3v) is 3.48. The molecule has 0 spiro atoms. The Hall–Kier alpha value is -2.16. The number of carbonyl (C=O) groups is 1. The Balaban J connectivity index is 2.95. The quantitative estimate of drug-likeness (QED) is 0.831. The van der Waals surface area contributed by atoms with Crippen LogP contribution in [0.25, 0.3) is 0 Å². The van der Waals surface area contributed by atoms with Crippen LogP contribution in [0, 0.1) is 16.7 Å². The summed E-state index contributed by atoms with van der Waals surface area (Å²) < 4.78 is 4.82. The van der Waals surface area contributed by atoms with Gasteiger partial charge in [-0.3, -0.25) is 4.79 Å². The lowest BCUT2D eigenvalue weighted by molar-refractivity contribution is -0.153. The molecule has 0 saturated carbocycles. The molecular formula is C13H18N4O2. The van der Waals surface area contributed by atoms with Gasteiger partial charge in [0.25, 0.3) is 0 Å². The number of hydrogen-bond acceptors (Lipinski definition) is 6. The molecule has 102 valence electrons. The number of nitrogens with zero attached hydrogens (tertiary/aromatic N) is 3. The summed E-state index contributed by atoms with van der Waals surface area (Å²) >= 11 is 0. The van der Waals surface area contributed by atoms with E-state index >= 15 is 0 Å². The minimum Gasteiger partial charge on any atom is -0.469 e. The first-order valence-corrected chi connectivity index (χ1v) is 5.85. The number of methoxy groups -OCH3 is 1. The molecule has 0 aromatic carbocycles. The highest BCUT2D eigenvalue weighted by Gasteiger charge is 2.44. The van der Waals surface area contributed by atoms with Crippen LogP contribution in [0.2, 0.25) is 0 Å². The van der Waals surface area contributed by atoms with E-state index in [1.54, 1.807) is 26.0 Å². The van der Waals surface area contributed by atoms with E-state index in [4.69, 9.17) is 10.00 Å². The lowest BCUT2D eigenvalue weighted by Gasteiger charge is -2.39. The number of hydrogen-bond donors (Lipinski definition) is 1. The van der Waals surface area contributed by atoms with E-state index in [0.717, 1.165) is 0 Å². The lowest BCUT2D eigenvalue weighted by atomic mass is 9.74. The number of rotatable bonds is 4. The molecule has 0 aliphatic rings. The van der Waals surface area contributed by atoms with Gasteiger partial charge in [-0.1, -0.05) is 0 Å². The molecule has 0 bridgehead atoms. The molecule has 0 amide bonds. The van der Waals surface area contributed by atoms with Crippen LogP contribution >= 0.6 is 0 Å². The summed E-state index contributed by atoms with van der Waals surface area (Å²) in [5.74, 6) is 0.188. The SMILES string of the molecule is COC(=O)C(C)(C)C(C)(C)Nc1ccc(C#N)nn1. The Morgan fingerprint density at radius 3 is 2.37 bits per heavy atom. The number of anilines is 1. The van der Waals surface area contributed by atoms with E-state index in [-0.39, 0.29) is 11.7 Å². The maximum Gasteiger partial charge on any atom is 0.313 e. The normalized spacial score (nSPS) is 11.6. The van der Waals surface area contributed by atoms with E-state index in [1.807, 2.05) is 19.9 Å². The van der Waals surface area contributed by atoms with Crippen LogP contribution in [0.3, 0.4) is 0 Å². The molecule has 0 unspecified atom stereocenters. The summed E-state index contributed by atoms with van der Waals surface area (Å²) in [5.41, 5.74) is -1.10. The third kappa shape index (κ3) is 2.99. The van der Waals surface area contributed by atoms with Gasteiger partial charge in [0.1, 0.15) is 11.9 Å². The van der Waals surface area contributed by atoms with Crippen LogP contribution in [0.15, 0.2) is 12.1 Å². The van der Waals surface area contributed by atoms with Crippen LogP contribution in [-0.4, -0.2) is 28.8 Å². The first-order valence-electron chi connectivity index (χ1n) is 5.85. The summed E-state index contributed by atoms with van der Waals surface area (Å²) in [7, 11) is 1.36. The van der Waals surface area contributed by atoms with E-state index in [9.17, 15) is 4.79 Å². The standard InChI is InChI=1S/C13H18N4O2/c1-12(2,11(18)19-5)13(3,4)15-10-7-6-9(8-14)16-17-10/h6-7H,1-5H3,(H,15,17). The molecule has 0 aliphatic heterocycles. The summed E-state index contributed by atoms with van der Waals surface area (Å²) in [6.45, 7) is 7.35. The van der Waals surface area contributed by atoms with Gasteiger partial charge in [0.05, 0.1) is 12.5 Å². The minimum atomic E-state index is -0.753. The zero-order valence-corrected chi connectivity index (χ0v) is 11.8. The first kappa shape index (κ1) is 14.9. The van der Waals surface area contributed by atoms with Crippen molar-refractivity contribution < 1.29 is 9.53 Å². The molecule has 1 heterocycles. The van der Waals surface area contributed by atoms with Gasteiger partial charge >= 0.3 is 5.97 Å². The van der Waals surface area contributed by atoms with E-state index in [1.165, 1.54) is 7.11 Å². The van der Waals surface area contributed by atoms with Gasteiger partial charge in [-0.25, -0.2) is 0 Å². The molecule has 0 fully saturated rings. The van der Waals surface area contributed by atoms with Gasteiger partial charge in [0.15, 0.2) is 5.69 Å². The molecule has 1 rings (SSSR count). The van der Waals surface area contributed by atoms with Gasteiger partial charge in [0, 0.05) is 5.54 Å². The van der Waals surface area contributed by atoms with E-state index < -0.39 is 11.0 Å². The lowest BCUT2D eigenvalue weighted by Crippen LogP contribution is -2.51. The Labute approximate surface area is 112 Å². The topological polar surface area (TPSA) is 87.9 Å². The van der Waals surface area contributed by atoms with Crippen LogP contribution in [0.4, 0.5) is 5.82 Å². The first-order chi connectivity index (χ1) is 8.74. The summed E-state index contributed by atoms with van der Waals surface area (Å²) in [6, 6.07) is 5.12. The van der Waals surface area contributed by atoms with Gasteiger partial charge < -0.3 is 10.1 Å². The highest BCUT2D eigenvalue weighted by atomic mass is 16.5. The van der Waals surface area contributed by atoms with Crippen molar-refractivity contribution in [1.29, 1.82) is 5.26 Å². The average molecular weight is 262 g/mol. The second-order valence-electron chi connectivity index (χ2n) is 5.28. The maximum absolute atomic E-state index is 11.8. The van der Waals surface area contributed by atoms with Crippen LogP contribution < -0.4 is 5.32 Å². The molecule has 0 atom stereocenters. The maximum atomic E-state index is 11.8. The van der Waals surface area contributed by atoms with Gasteiger partial charge in [-0.15, -0.1) is 10.2 Å². The Morgan fingerprint density at radius 2 is 1.95 bits per heavy atom. The number of aromatic nitrogens is 2. The molecule has 1 N–H and O–H groups in total. The third-order valence-electron chi connectivity index (χ3n) is 3.48. The molecule has 0 radical (unpaired) electrons. The zero-order chi connectivity index (χ0) is 14.7. The Kier molecular flexibility index (Phi) is 4.10. The molecule has 1 aromatic rings. The van der Waals surface area contributed by atoms with E-state index in [2.05, 4.69) is 15.5 Å². The van der Waals surface area contributed by atoms with Crippen molar-refractivity contribution in [3.05, 3.63) is 17.8 Å². The fourth-order valence-corrected chi connectivity index (χ4v) is 1.45. The van der Waals surface area contributed by atoms with Crippen molar-refractivity contribution in [2.75, 3.05) is 12.4 Å². The van der Waals surface area contributed by atoms with Crippen LogP contribution in [0.1, 0.15) is 33.4 Å². The molecule has 1 aromatic heterocycles. The van der Waals surface area contributed by atoms with Gasteiger partial charge in [-0.05, 0) is 39.8 Å². The second kappa shape index (κ2) is 5.22. The predicted molar refractivity (Wildman–Crippen MR) is 70.2 cm³/mol. The fourth-order valence-electron chi connectivity index (χ4n) is 1.45. The zero-order valence-electron chi connectivity index (χ0n) is 11.8. The minimum absolute atomic E-state index is 0.246. The number of esters is 1. The van der Waals surface area contributed by atoms with Crippen molar-refractivity contribution in [1.82, 2.24) is 10.2 Å². The van der Waals surface area contributed by atoms with Crippen molar-refractivity contribution in [3.8, 4) is 6.07 Å². The number of ether oxygens (including phenoxy) is 1. The smallest absolute Gasteiger partial charge is 0.313 e. The number of carbonyl (C=O) groups excluding carboxylic acids is 1. The highest BCUT2D eigenvalue weighted by Crippen LogP contribution is 2.34. The average Bonchev–Trinajstić information content (AvgIpc) is 2.37. The molecule has 0 saturated heterocycles. The Bertz CT molecular complexity index is 500. The van der Waals surface area contributed by atoms with Crippen molar-refractivity contribution in [3.63, 3.8) is 0 Å².